The number of aromatic nitrogens is 2. The average molecular weight is 427 g/mol. The van der Waals surface area contributed by atoms with Gasteiger partial charge in [-0.1, -0.05) is 41.9 Å². The SMILES string of the molecule is COc1ccc(CNc2nc(Cl)cc(NCC(=O)Cc3ccccc3)n2)c(OC)c1. The second-order valence-electron chi connectivity index (χ2n) is 6.49. The topological polar surface area (TPSA) is 85.4 Å². The quantitative estimate of drug-likeness (QED) is 0.474. The lowest BCUT2D eigenvalue weighted by atomic mass is 10.1. The number of nitrogens with zero attached hydrogens (tertiary/aromatic N) is 2. The number of Topliss-reactive ketones (excluding diaryl/α,β-unsaturated/α-hetero) is 1. The minimum Gasteiger partial charge on any atom is -0.497 e. The lowest BCUT2D eigenvalue weighted by molar-refractivity contribution is -0.116. The number of hydrogen-bond donors (Lipinski definition) is 2. The zero-order valence-electron chi connectivity index (χ0n) is 16.8. The lowest BCUT2D eigenvalue weighted by Gasteiger charge is -2.12. The van der Waals surface area contributed by atoms with Gasteiger partial charge in [0, 0.05) is 30.7 Å². The molecule has 0 radical (unpaired) electrons. The Balaban J connectivity index is 1.60. The van der Waals surface area contributed by atoms with Gasteiger partial charge in [0.25, 0.3) is 0 Å². The summed E-state index contributed by atoms with van der Waals surface area (Å²) in [6, 6.07) is 16.7. The molecule has 0 spiro atoms. The molecule has 0 aliphatic carbocycles. The summed E-state index contributed by atoms with van der Waals surface area (Å²) in [5, 5.41) is 6.42. The summed E-state index contributed by atoms with van der Waals surface area (Å²) in [4.78, 5) is 20.8. The van der Waals surface area contributed by atoms with Crippen LogP contribution in [0.25, 0.3) is 0 Å². The minimum absolute atomic E-state index is 0.0495. The fourth-order valence-electron chi connectivity index (χ4n) is 2.83. The van der Waals surface area contributed by atoms with E-state index in [1.807, 2.05) is 42.5 Å². The van der Waals surface area contributed by atoms with E-state index in [0.29, 0.717) is 36.2 Å². The molecule has 2 N–H and O–H groups in total. The van der Waals surface area contributed by atoms with E-state index in [-0.39, 0.29) is 17.5 Å². The van der Waals surface area contributed by atoms with Crippen molar-refractivity contribution in [3.8, 4) is 11.5 Å². The van der Waals surface area contributed by atoms with Crippen molar-refractivity contribution in [1.29, 1.82) is 0 Å². The maximum absolute atomic E-state index is 12.2. The highest BCUT2D eigenvalue weighted by Gasteiger charge is 2.09. The summed E-state index contributed by atoms with van der Waals surface area (Å²) in [5.41, 5.74) is 1.88. The van der Waals surface area contributed by atoms with Crippen molar-refractivity contribution in [2.24, 2.45) is 0 Å². The largest absolute Gasteiger partial charge is 0.497 e. The molecule has 7 nitrogen and oxygen atoms in total. The van der Waals surface area contributed by atoms with Crippen molar-refractivity contribution >= 4 is 29.2 Å². The molecule has 2 aromatic carbocycles. The smallest absolute Gasteiger partial charge is 0.226 e. The first kappa shape index (κ1) is 21.4. The average Bonchev–Trinajstić information content (AvgIpc) is 2.76. The third kappa shape index (κ3) is 6.09. The summed E-state index contributed by atoms with van der Waals surface area (Å²) >= 11 is 6.12. The third-order valence-electron chi connectivity index (χ3n) is 4.34. The van der Waals surface area contributed by atoms with E-state index in [1.165, 1.54) is 0 Å². The Hall–Kier alpha value is -3.32. The number of ketones is 1. The van der Waals surface area contributed by atoms with E-state index in [4.69, 9.17) is 21.1 Å². The molecule has 8 heteroatoms. The van der Waals surface area contributed by atoms with Crippen molar-refractivity contribution < 1.29 is 14.3 Å². The number of halogens is 1. The molecule has 156 valence electrons. The highest BCUT2D eigenvalue weighted by atomic mass is 35.5. The maximum Gasteiger partial charge on any atom is 0.226 e. The van der Waals surface area contributed by atoms with E-state index in [0.717, 1.165) is 11.1 Å². The molecule has 0 saturated carbocycles. The van der Waals surface area contributed by atoms with E-state index >= 15 is 0 Å². The van der Waals surface area contributed by atoms with Gasteiger partial charge in [0.1, 0.15) is 22.5 Å². The Bertz CT molecular complexity index is 999. The number of anilines is 2. The molecule has 0 bridgehead atoms. The fourth-order valence-corrected chi connectivity index (χ4v) is 3.02. The van der Waals surface area contributed by atoms with E-state index in [2.05, 4.69) is 20.6 Å². The van der Waals surface area contributed by atoms with Crippen molar-refractivity contribution in [3.63, 3.8) is 0 Å². The molecule has 0 aliphatic rings. The standard InChI is InChI=1S/C22H23ClN4O3/c1-29-18-9-8-16(19(11-18)30-2)13-25-22-26-20(23)12-21(27-22)24-14-17(28)10-15-6-4-3-5-7-15/h3-9,11-12H,10,13-14H2,1-2H3,(H2,24,25,26,27). The van der Waals surface area contributed by atoms with Gasteiger partial charge in [-0.25, -0.2) is 4.98 Å². The number of carbonyl (C=O) groups is 1. The Morgan fingerprint density at radius 3 is 2.53 bits per heavy atom. The Labute approximate surface area is 180 Å². The van der Waals surface area contributed by atoms with Crippen LogP contribution in [-0.4, -0.2) is 36.5 Å². The fraction of sp³-hybridized carbons (Fsp3) is 0.227. The first-order chi connectivity index (χ1) is 14.6. The second-order valence-corrected chi connectivity index (χ2v) is 6.87. The minimum atomic E-state index is 0.0495. The highest BCUT2D eigenvalue weighted by Crippen LogP contribution is 2.25. The van der Waals surface area contributed by atoms with Crippen LogP contribution in [0.2, 0.25) is 5.15 Å². The Morgan fingerprint density at radius 1 is 1.00 bits per heavy atom. The van der Waals surface area contributed by atoms with Crippen LogP contribution < -0.4 is 20.1 Å². The molecule has 1 aromatic heterocycles. The molecule has 0 amide bonds. The van der Waals surface area contributed by atoms with E-state index < -0.39 is 0 Å². The number of nitrogens with one attached hydrogen (secondary N) is 2. The zero-order chi connectivity index (χ0) is 21.3. The maximum atomic E-state index is 12.2. The Kier molecular flexibility index (Phi) is 7.45. The third-order valence-corrected chi connectivity index (χ3v) is 4.53. The number of hydrogen-bond acceptors (Lipinski definition) is 7. The number of ether oxygens (including phenoxy) is 2. The molecule has 3 rings (SSSR count). The number of methoxy groups -OCH3 is 2. The summed E-state index contributed by atoms with van der Waals surface area (Å²) in [7, 11) is 3.20. The normalized spacial score (nSPS) is 10.4. The van der Waals surface area contributed by atoms with Gasteiger partial charge in [-0.2, -0.15) is 4.98 Å². The van der Waals surface area contributed by atoms with Crippen molar-refractivity contribution in [2.75, 3.05) is 31.4 Å². The molecular weight excluding hydrogens is 404 g/mol. The monoisotopic (exact) mass is 426 g/mol. The molecular formula is C22H23ClN4O3. The van der Waals surface area contributed by atoms with Crippen LogP contribution in [0.15, 0.2) is 54.6 Å². The van der Waals surface area contributed by atoms with Crippen LogP contribution in [0, 0.1) is 0 Å². The molecule has 1 heterocycles. The van der Waals surface area contributed by atoms with Gasteiger partial charge in [0.05, 0.1) is 20.8 Å². The molecule has 30 heavy (non-hydrogen) atoms. The Morgan fingerprint density at radius 2 is 1.80 bits per heavy atom. The van der Waals surface area contributed by atoms with Crippen LogP contribution in [0.1, 0.15) is 11.1 Å². The molecule has 0 saturated heterocycles. The second kappa shape index (κ2) is 10.5. The van der Waals surface area contributed by atoms with Gasteiger partial charge >= 0.3 is 0 Å². The van der Waals surface area contributed by atoms with Crippen LogP contribution in [0.4, 0.5) is 11.8 Å². The number of carbonyl (C=O) groups excluding carboxylic acids is 1. The van der Waals surface area contributed by atoms with Gasteiger partial charge in [0.15, 0.2) is 5.78 Å². The predicted octanol–water partition coefficient (Wildman–Crippen LogP) is 3.98. The number of rotatable bonds is 10. The molecule has 0 aliphatic heterocycles. The highest BCUT2D eigenvalue weighted by molar-refractivity contribution is 6.29. The van der Waals surface area contributed by atoms with E-state index in [1.54, 1.807) is 26.4 Å². The van der Waals surface area contributed by atoms with Crippen molar-refractivity contribution in [1.82, 2.24) is 9.97 Å². The van der Waals surface area contributed by atoms with Gasteiger partial charge in [-0.3, -0.25) is 4.79 Å². The van der Waals surface area contributed by atoms with Gasteiger partial charge in [-0.05, 0) is 17.7 Å². The van der Waals surface area contributed by atoms with Crippen LogP contribution in [0.5, 0.6) is 11.5 Å². The predicted molar refractivity (Wildman–Crippen MR) is 118 cm³/mol. The van der Waals surface area contributed by atoms with Crippen LogP contribution in [-0.2, 0) is 17.8 Å². The molecule has 3 aromatic rings. The number of benzene rings is 2. The first-order valence-electron chi connectivity index (χ1n) is 9.36. The summed E-state index contributed by atoms with van der Waals surface area (Å²) < 4.78 is 10.6. The summed E-state index contributed by atoms with van der Waals surface area (Å²) in [6.07, 6.45) is 0.356. The van der Waals surface area contributed by atoms with Gasteiger partial charge in [0.2, 0.25) is 5.95 Å². The summed E-state index contributed by atoms with van der Waals surface area (Å²) in [6.45, 7) is 0.577. The van der Waals surface area contributed by atoms with Crippen molar-refractivity contribution in [2.45, 2.75) is 13.0 Å². The van der Waals surface area contributed by atoms with Gasteiger partial charge < -0.3 is 20.1 Å². The van der Waals surface area contributed by atoms with Gasteiger partial charge in [-0.15, -0.1) is 0 Å². The van der Waals surface area contributed by atoms with Crippen LogP contribution in [0.3, 0.4) is 0 Å². The molecule has 0 unspecified atom stereocenters. The zero-order valence-corrected chi connectivity index (χ0v) is 17.6. The van der Waals surface area contributed by atoms with Crippen LogP contribution >= 0.6 is 11.6 Å². The molecule has 0 atom stereocenters. The molecule has 0 fully saturated rings. The summed E-state index contributed by atoms with van der Waals surface area (Å²) in [5.74, 6) is 2.27. The van der Waals surface area contributed by atoms with Crippen molar-refractivity contribution in [3.05, 3.63) is 70.9 Å². The first-order valence-corrected chi connectivity index (χ1v) is 9.74. The van der Waals surface area contributed by atoms with E-state index in [9.17, 15) is 4.79 Å². The lowest BCUT2D eigenvalue weighted by Crippen LogP contribution is -2.17.